The van der Waals surface area contributed by atoms with Crippen LogP contribution < -0.4 is 5.32 Å². The molecule has 0 spiro atoms. The molecular formula is C29H32F6N2O. The molecule has 206 valence electrons. The van der Waals surface area contributed by atoms with Crippen LogP contribution in [-0.2, 0) is 18.6 Å². The molecule has 3 rings (SSSR count). The highest BCUT2D eigenvalue weighted by Crippen LogP contribution is 2.50. The zero-order chi connectivity index (χ0) is 27.8. The monoisotopic (exact) mass is 538 g/mol. The van der Waals surface area contributed by atoms with Crippen LogP contribution in [0.1, 0.15) is 41.5 Å². The van der Waals surface area contributed by atoms with Gasteiger partial charge in [-0.1, -0.05) is 91.9 Å². The van der Waals surface area contributed by atoms with Crippen LogP contribution >= 0.6 is 0 Å². The molecule has 38 heavy (non-hydrogen) atoms. The number of aliphatic hydroxyl groups is 1. The molecule has 0 amide bonds. The first-order valence-electron chi connectivity index (χ1n) is 12.4. The highest BCUT2D eigenvalue weighted by Gasteiger charge is 2.71. The molecular weight excluding hydrogens is 506 g/mol. The molecule has 3 aromatic carbocycles. The van der Waals surface area contributed by atoms with E-state index >= 15 is 0 Å². The molecule has 0 saturated carbocycles. The standard InChI is InChI=1S/C29H32F6N2O/c1-2-17-37(21-36-19-23-9-5-3-6-10-23)20-25(24-11-7-4-8-12-24)18-22-13-15-26(16-14-22)27(38,28(30,31)32)29(33,34)35/h3-16,25,36,38H,2,17-21H2,1H3/t25-/m1/s1. The first kappa shape index (κ1) is 29.7. The van der Waals surface area contributed by atoms with Gasteiger partial charge in [0.25, 0.3) is 5.60 Å². The van der Waals surface area contributed by atoms with Gasteiger partial charge in [-0.25, -0.2) is 0 Å². The Hall–Kier alpha value is -2.88. The van der Waals surface area contributed by atoms with E-state index in [0.717, 1.165) is 24.1 Å². The maximum absolute atomic E-state index is 13.3. The van der Waals surface area contributed by atoms with E-state index in [1.54, 1.807) is 0 Å². The summed E-state index contributed by atoms with van der Waals surface area (Å²) < 4.78 is 79.6. The molecule has 0 aliphatic heterocycles. The minimum Gasteiger partial charge on any atom is -0.369 e. The highest BCUT2D eigenvalue weighted by atomic mass is 19.4. The molecule has 0 aromatic heterocycles. The number of rotatable bonds is 12. The second kappa shape index (κ2) is 12.8. The average Bonchev–Trinajstić information content (AvgIpc) is 2.88. The number of hydrogen-bond donors (Lipinski definition) is 2. The van der Waals surface area contributed by atoms with Crippen LogP contribution in [0.4, 0.5) is 26.3 Å². The second-order valence-electron chi connectivity index (χ2n) is 9.36. The maximum atomic E-state index is 13.3. The molecule has 0 saturated heterocycles. The number of nitrogens with one attached hydrogen (secondary N) is 1. The minimum absolute atomic E-state index is 0.0590. The molecule has 0 radical (unpaired) electrons. The average molecular weight is 539 g/mol. The van der Waals surface area contributed by atoms with Crippen molar-refractivity contribution in [1.29, 1.82) is 0 Å². The van der Waals surface area contributed by atoms with E-state index in [4.69, 9.17) is 0 Å². The van der Waals surface area contributed by atoms with Gasteiger partial charge in [-0.05, 0) is 36.1 Å². The lowest BCUT2D eigenvalue weighted by molar-refractivity contribution is -0.376. The van der Waals surface area contributed by atoms with Crippen LogP contribution in [0.5, 0.6) is 0 Å². The van der Waals surface area contributed by atoms with Crippen molar-refractivity contribution in [2.75, 3.05) is 19.8 Å². The minimum atomic E-state index is -5.91. The van der Waals surface area contributed by atoms with Crippen molar-refractivity contribution in [3.63, 3.8) is 0 Å². The van der Waals surface area contributed by atoms with Gasteiger partial charge in [0.15, 0.2) is 0 Å². The summed E-state index contributed by atoms with van der Waals surface area (Å²) in [5.41, 5.74) is -3.44. The lowest BCUT2D eigenvalue weighted by atomic mass is 9.88. The van der Waals surface area contributed by atoms with Crippen molar-refractivity contribution in [2.24, 2.45) is 0 Å². The summed E-state index contributed by atoms with van der Waals surface area (Å²) in [6, 6.07) is 23.5. The summed E-state index contributed by atoms with van der Waals surface area (Å²) >= 11 is 0. The van der Waals surface area contributed by atoms with Crippen molar-refractivity contribution < 1.29 is 31.4 Å². The lowest BCUT2D eigenvalue weighted by Crippen LogP contribution is -2.53. The van der Waals surface area contributed by atoms with Gasteiger partial charge >= 0.3 is 12.4 Å². The van der Waals surface area contributed by atoms with Crippen LogP contribution in [0, 0.1) is 0 Å². The predicted octanol–water partition coefficient (Wildman–Crippen LogP) is 6.78. The van der Waals surface area contributed by atoms with Crippen LogP contribution in [0.15, 0.2) is 84.9 Å². The first-order chi connectivity index (χ1) is 18.0. The summed E-state index contributed by atoms with van der Waals surface area (Å²) in [6.07, 6.45) is -10.5. The van der Waals surface area contributed by atoms with E-state index in [2.05, 4.69) is 17.1 Å². The first-order valence-corrected chi connectivity index (χ1v) is 12.4. The van der Waals surface area contributed by atoms with E-state index in [9.17, 15) is 31.4 Å². The van der Waals surface area contributed by atoms with Crippen LogP contribution in [0.2, 0.25) is 0 Å². The Morgan fingerprint density at radius 2 is 1.32 bits per heavy atom. The summed E-state index contributed by atoms with van der Waals surface area (Å²) in [6.45, 7) is 4.84. The number of benzene rings is 3. The zero-order valence-corrected chi connectivity index (χ0v) is 21.1. The Morgan fingerprint density at radius 3 is 1.84 bits per heavy atom. The quantitative estimate of drug-likeness (QED) is 0.197. The predicted molar refractivity (Wildman–Crippen MR) is 135 cm³/mol. The smallest absolute Gasteiger partial charge is 0.369 e. The Labute approximate surface area is 219 Å². The molecule has 0 aliphatic rings. The second-order valence-corrected chi connectivity index (χ2v) is 9.36. The molecule has 3 nitrogen and oxygen atoms in total. The van der Waals surface area contributed by atoms with Gasteiger partial charge in [-0.2, -0.15) is 26.3 Å². The fourth-order valence-corrected chi connectivity index (χ4v) is 4.48. The van der Waals surface area contributed by atoms with Crippen LogP contribution in [-0.4, -0.2) is 42.1 Å². The van der Waals surface area contributed by atoms with Crippen molar-refractivity contribution in [3.05, 3.63) is 107 Å². The van der Waals surface area contributed by atoms with E-state index in [0.29, 0.717) is 43.9 Å². The molecule has 9 heteroatoms. The van der Waals surface area contributed by atoms with E-state index in [1.807, 2.05) is 60.7 Å². The SMILES string of the molecule is CCCN(CNCc1ccccc1)C[C@@H](Cc1ccc(C(O)(C(F)(F)F)C(F)(F)F)cc1)c1ccccc1. The molecule has 3 aromatic rings. The Bertz CT molecular complexity index is 1090. The highest BCUT2D eigenvalue weighted by molar-refractivity contribution is 5.32. The van der Waals surface area contributed by atoms with Gasteiger partial charge in [0, 0.05) is 31.2 Å². The van der Waals surface area contributed by atoms with Gasteiger partial charge < -0.3 is 10.4 Å². The fraction of sp³-hybridized carbons (Fsp3) is 0.379. The van der Waals surface area contributed by atoms with Gasteiger partial charge in [0.05, 0.1) is 0 Å². The summed E-state index contributed by atoms with van der Waals surface area (Å²) in [5, 5.41) is 13.1. The van der Waals surface area contributed by atoms with Crippen LogP contribution in [0.25, 0.3) is 0 Å². The van der Waals surface area contributed by atoms with Gasteiger partial charge in [-0.15, -0.1) is 0 Å². The van der Waals surface area contributed by atoms with E-state index in [-0.39, 0.29) is 5.92 Å². The van der Waals surface area contributed by atoms with Crippen molar-refractivity contribution in [1.82, 2.24) is 10.2 Å². The third-order valence-electron chi connectivity index (χ3n) is 6.47. The largest absolute Gasteiger partial charge is 0.430 e. The molecule has 0 bridgehead atoms. The van der Waals surface area contributed by atoms with Crippen molar-refractivity contribution >= 4 is 0 Å². The molecule has 0 unspecified atom stereocenters. The Balaban J connectivity index is 1.78. The maximum Gasteiger partial charge on any atom is 0.430 e. The third-order valence-corrected chi connectivity index (χ3v) is 6.47. The topological polar surface area (TPSA) is 35.5 Å². The van der Waals surface area contributed by atoms with Crippen LogP contribution in [0.3, 0.4) is 0 Å². The molecule has 0 aliphatic carbocycles. The third kappa shape index (κ3) is 7.36. The Morgan fingerprint density at radius 1 is 0.763 bits per heavy atom. The summed E-state index contributed by atoms with van der Waals surface area (Å²) in [4.78, 5) is 2.25. The van der Waals surface area contributed by atoms with Crippen molar-refractivity contribution in [3.8, 4) is 0 Å². The summed E-state index contributed by atoms with van der Waals surface area (Å²) in [7, 11) is 0. The van der Waals surface area contributed by atoms with E-state index in [1.165, 1.54) is 12.1 Å². The van der Waals surface area contributed by atoms with Gasteiger partial charge in [0.1, 0.15) is 0 Å². The number of halogens is 6. The summed E-state index contributed by atoms with van der Waals surface area (Å²) in [5.74, 6) is -0.0590. The van der Waals surface area contributed by atoms with Gasteiger partial charge in [0.2, 0.25) is 0 Å². The number of alkyl halides is 6. The van der Waals surface area contributed by atoms with Crippen molar-refractivity contribution in [2.45, 2.75) is 50.2 Å². The van der Waals surface area contributed by atoms with E-state index < -0.39 is 23.5 Å². The Kier molecular flexibility index (Phi) is 9.98. The zero-order valence-electron chi connectivity index (χ0n) is 21.1. The van der Waals surface area contributed by atoms with Gasteiger partial charge in [-0.3, -0.25) is 4.90 Å². The molecule has 1 atom stereocenters. The molecule has 0 fully saturated rings. The molecule has 2 N–H and O–H groups in total. The molecule has 0 heterocycles. The lowest BCUT2D eigenvalue weighted by Gasteiger charge is -2.33. The number of nitrogens with zero attached hydrogens (tertiary/aromatic N) is 1. The normalized spacial score (nSPS) is 13.6. The number of hydrogen-bond acceptors (Lipinski definition) is 3. The fourth-order valence-electron chi connectivity index (χ4n) is 4.48.